The van der Waals surface area contributed by atoms with E-state index in [-0.39, 0.29) is 18.8 Å². The minimum Gasteiger partial charge on any atom is -0.488 e. The normalized spacial score (nSPS) is 14.9. The van der Waals surface area contributed by atoms with Gasteiger partial charge >= 0.3 is 5.97 Å². The Kier molecular flexibility index (Phi) is 8.21. The third kappa shape index (κ3) is 5.76. The van der Waals surface area contributed by atoms with Crippen molar-refractivity contribution in [1.29, 1.82) is 0 Å². The number of hydrogen-bond acceptors (Lipinski definition) is 6. The Balaban J connectivity index is 1.51. The highest BCUT2D eigenvalue weighted by molar-refractivity contribution is 7.07. The molecular formula is C34H26Cl2N2O4S. The lowest BCUT2D eigenvalue weighted by Crippen LogP contribution is -2.40. The van der Waals surface area contributed by atoms with Crippen molar-refractivity contribution in [2.75, 3.05) is 6.61 Å². The van der Waals surface area contributed by atoms with Crippen molar-refractivity contribution in [2.45, 2.75) is 26.5 Å². The summed E-state index contributed by atoms with van der Waals surface area (Å²) in [6.45, 7) is 4.02. The van der Waals surface area contributed by atoms with E-state index in [2.05, 4.69) is 0 Å². The summed E-state index contributed by atoms with van der Waals surface area (Å²) in [5, 5.41) is 3.06. The number of thiazole rings is 1. The minimum absolute atomic E-state index is 0.203. The van der Waals surface area contributed by atoms with E-state index in [0.29, 0.717) is 42.0 Å². The molecule has 0 aliphatic carbocycles. The van der Waals surface area contributed by atoms with Gasteiger partial charge in [-0.1, -0.05) is 89.1 Å². The lowest BCUT2D eigenvalue weighted by molar-refractivity contribution is -0.139. The molecule has 5 aromatic rings. The molecule has 0 saturated carbocycles. The van der Waals surface area contributed by atoms with Crippen LogP contribution in [0.25, 0.3) is 16.8 Å². The molecule has 216 valence electrons. The lowest BCUT2D eigenvalue weighted by Gasteiger charge is -2.25. The van der Waals surface area contributed by atoms with E-state index < -0.39 is 12.0 Å². The summed E-state index contributed by atoms with van der Waals surface area (Å²) in [6.07, 6.45) is 1.76. The Labute approximate surface area is 261 Å². The zero-order chi connectivity index (χ0) is 30.1. The molecule has 9 heteroatoms. The molecule has 0 N–H and O–H groups in total. The standard InChI is InChI=1S/C34H26Cl2N2O4S/c1-3-41-33(40)30-20(2)37-34-38(31(30)27-13-7-10-22-9-4-5-12-26(22)27)32(39)29(43-34)18-23-17-25(36)14-15-28(23)42-19-21-8-6-11-24(35)16-21/h4-18,31H,3,19H2,1-2H3/b29-18-/t31-/m0/s1. The van der Waals surface area contributed by atoms with Crippen LogP contribution < -0.4 is 19.6 Å². The van der Waals surface area contributed by atoms with Gasteiger partial charge in [-0.25, -0.2) is 9.79 Å². The van der Waals surface area contributed by atoms with E-state index in [0.717, 1.165) is 21.9 Å². The number of rotatable bonds is 7. The number of aromatic nitrogens is 1. The van der Waals surface area contributed by atoms with Crippen LogP contribution in [0, 0.1) is 0 Å². The highest BCUT2D eigenvalue weighted by Crippen LogP contribution is 2.35. The predicted molar refractivity (Wildman–Crippen MR) is 172 cm³/mol. The minimum atomic E-state index is -0.721. The number of carbonyl (C=O) groups excluding carboxylic acids is 1. The molecule has 0 unspecified atom stereocenters. The number of esters is 1. The first-order chi connectivity index (χ1) is 20.8. The van der Waals surface area contributed by atoms with Gasteiger partial charge in [-0.05, 0) is 72.2 Å². The smallest absolute Gasteiger partial charge is 0.338 e. The van der Waals surface area contributed by atoms with Gasteiger partial charge in [0.25, 0.3) is 5.56 Å². The molecule has 0 fully saturated rings. The summed E-state index contributed by atoms with van der Waals surface area (Å²) in [6, 6.07) is 25.8. The van der Waals surface area contributed by atoms with E-state index in [1.807, 2.05) is 60.7 Å². The van der Waals surface area contributed by atoms with Gasteiger partial charge in [-0.2, -0.15) is 0 Å². The highest BCUT2D eigenvalue weighted by atomic mass is 35.5. The molecule has 4 aromatic carbocycles. The van der Waals surface area contributed by atoms with Crippen molar-refractivity contribution in [3.63, 3.8) is 0 Å². The number of allylic oxidation sites excluding steroid dienone is 1. The van der Waals surface area contributed by atoms with Crippen LogP contribution in [0.4, 0.5) is 0 Å². The van der Waals surface area contributed by atoms with Gasteiger partial charge in [0, 0.05) is 15.6 Å². The number of ether oxygens (including phenoxy) is 2. The fourth-order valence-electron chi connectivity index (χ4n) is 5.27. The van der Waals surface area contributed by atoms with Crippen molar-refractivity contribution in [2.24, 2.45) is 4.99 Å². The second kappa shape index (κ2) is 12.2. The number of hydrogen-bond donors (Lipinski definition) is 0. The van der Waals surface area contributed by atoms with Crippen LogP contribution in [-0.2, 0) is 16.1 Å². The molecule has 1 aliphatic heterocycles. The lowest BCUT2D eigenvalue weighted by atomic mass is 9.91. The largest absolute Gasteiger partial charge is 0.488 e. The zero-order valence-electron chi connectivity index (χ0n) is 23.3. The van der Waals surface area contributed by atoms with Crippen LogP contribution in [-0.4, -0.2) is 17.1 Å². The van der Waals surface area contributed by atoms with Gasteiger partial charge in [0.1, 0.15) is 12.4 Å². The Bertz CT molecular complexity index is 2090. The molecule has 0 bridgehead atoms. The zero-order valence-corrected chi connectivity index (χ0v) is 25.7. The number of halogens is 2. The first-order valence-electron chi connectivity index (χ1n) is 13.7. The van der Waals surface area contributed by atoms with Crippen LogP contribution in [0.15, 0.2) is 106 Å². The van der Waals surface area contributed by atoms with Crippen molar-refractivity contribution < 1.29 is 14.3 Å². The number of carbonyl (C=O) groups is 1. The quantitative estimate of drug-likeness (QED) is 0.185. The summed E-state index contributed by atoms with van der Waals surface area (Å²) >= 11 is 13.8. The third-order valence-corrected chi connectivity index (χ3v) is 8.63. The fraction of sp³-hybridized carbons (Fsp3) is 0.147. The van der Waals surface area contributed by atoms with E-state index in [9.17, 15) is 9.59 Å². The van der Waals surface area contributed by atoms with Crippen LogP contribution in [0.3, 0.4) is 0 Å². The summed E-state index contributed by atoms with van der Waals surface area (Å²) < 4.78 is 13.6. The van der Waals surface area contributed by atoms with Crippen LogP contribution in [0.2, 0.25) is 10.0 Å². The molecule has 6 rings (SSSR count). The monoisotopic (exact) mass is 628 g/mol. The Morgan fingerprint density at radius 2 is 1.77 bits per heavy atom. The van der Waals surface area contributed by atoms with Crippen molar-refractivity contribution in [3.05, 3.63) is 143 Å². The number of benzene rings is 4. The Hall–Kier alpha value is -4.17. The summed E-state index contributed by atoms with van der Waals surface area (Å²) in [7, 11) is 0. The maximum atomic E-state index is 14.2. The summed E-state index contributed by atoms with van der Waals surface area (Å²) in [5.74, 6) is 0.0618. The molecule has 6 nitrogen and oxygen atoms in total. The molecule has 1 atom stereocenters. The molecule has 2 heterocycles. The Morgan fingerprint density at radius 1 is 1.00 bits per heavy atom. The van der Waals surface area contributed by atoms with E-state index in [4.69, 9.17) is 37.7 Å². The second-order valence-corrected chi connectivity index (χ2v) is 11.9. The van der Waals surface area contributed by atoms with E-state index >= 15 is 0 Å². The average Bonchev–Trinajstić information content (AvgIpc) is 3.29. The molecule has 0 amide bonds. The van der Waals surface area contributed by atoms with Gasteiger partial charge in [0.2, 0.25) is 0 Å². The molecule has 0 radical (unpaired) electrons. The summed E-state index contributed by atoms with van der Waals surface area (Å²) in [5.41, 5.74) is 2.93. The highest BCUT2D eigenvalue weighted by Gasteiger charge is 2.34. The van der Waals surface area contributed by atoms with Gasteiger partial charge in [0.05, 0.1) is 28.5 Å². The van der Waals surface area contributed by atoms with Crippen LogP contribution >= 0.6 is 34.5 Å². The van der Waals surface area contributed by atoms with Gasteiger partial charge in [0.15, 0.2) is 4.80 Å². The van der Waals surface area contributed by atoms with Gasteiger partial charge in [-0.15, -0.1) is 0 Å². The fourth-order valence-corrected chi connectivity index (χ4v) is 6.70. The molecule has 43 heavy (non-hydrogen) atoms. The van der Waals surface area contributed by atoms with Crippen LogP contribution in [0.5, 0.6) is 5.75 Å². The number of nitrogens with zero attached hydrogens (tertiary/aromatic N) is 2. The van der Waals surface area contributed by atoms with Crippen molar-refractivity contribution in [1.82, 2.24) is 4.57 Å². The van der Waals surface area contributed by atoms with Crippen molar-refractivity contribution >= 4 is 57.4 Å². The van der Waals surface area contributed by atoms with E-state index in [1.54, 1.807) is 48.8 Å². The maximum Gasteiger partial charge on any atom is 0.338 e. The Morgan fingerprint density at radius 3 is 2.58 bits per heavy atom. The predicted octanol–water partition coefficient (Wildman–Crippen LogP) is 6.84. The topological polar surface area (TPSA) is 69.9 Å². The molecule has 0 spiro atoms. The third-order valence-electron chi connectivity index (χ3n) is 7.18. The molecule has 1 aliphatic rings. The van der Waals surface area contributed by atoms with Crippen molar-refractivity contribution in [3.8, 4) is 5.75 Å². The van der Waals surface area contributed by atoms with Crippen LogP contribution in [0.1, 0.15) is 36.6 Å². The molecule has 1 aromatic heterocycles. The van der Waals surface area contributed by atoms with Gasteiger partial charge in [-0.3, -0.25) is 9.36 Å². The number of fused-ring (bicyclic) bond motifs is 2. The van der Waals surface area contributed by atoms with E-state index in [1.165, 1.54) is 11.3 Å². The second-order valence-electron chi connectivity index (χ2n) is 9.97. The first-order valence-corrected chi connectivity index (χ1v) is 15.3. The van der Waals surface area contributed by atoms with Gasteiger partial charge < -0.3 is 9.47 Å². The molecular weight excluding hydrogens is 603 g/mol. The SMILES string of the molecule is CCOC(=O)C1=C(C)N=c2s/c(=C\c3cc(Cl)ccc3OCc3cccc(Cl)c3)c(=O)n2[C@H]1c1cccc2ccccc12. The average molecular weight is 630 g/mol. The molecule has 0 saturated heterocycles. The first kappa shape index (κ1) is 28.9. The summed E-state index contributed by atoms with van der Waals surface area (Å²) in [4.78, 5) is 32.7. The maximum absolute atomic E-state index is 14.2.